The molecule has 1 aliphatic rings. The number of hydrogen-bond donors (Lipinski definition) is 1. The number of anilines is 1. The van der Waals surface area contributed by atoms with Crippen LogP contribution in [0.5, 0.6) is 5.75 Å². The van der Waals surface area contributed by atoms with Crippen LogP contribution in [0.3, 0.4) is 0 Å². The van der Waals surface area contributed by atoms with Gasteiger partial charge in [-0.05, 0) is 18.6 Å². The molecule has 0 saturated carbocycles. The van der Waals surface area contributed by atoms with Crippen LogP contribution in [0.4, 0.5) is 5.69 Å². The molecule has 0 spiro atoms. The van der Waals surface area contributed by atoms with Crippen LogP contribution < -0.4 is 15.4 Å². The van der Waals surface area contributed by atoms with E-state index in [2.05, 4.69) is 24.9 Å². The first kappa shape index (κ1) is 10.3. The van der Waals surface area contributed by atoms with Crippen LogP contribution in [-0.2, 0) is 0 Å². The monoisotopic (exact) mass is 206 g/mol. The highest BCUT2D eigenvalue weighted by atomic mass is 16.5. The molecule has 0 aliphatic carbocycles. The lowest BCUT2D eigenvalue weighted by Crippen LogP contribution is -2.28. The van der Waals surface area contributed by atoms with Gasteiger partial charge in [-0.2, -0.15) is 0 Å². The second-order valence-corrected chi connectivity index (χ2v) is 4.24. The number of hydrogen-bond acceptors (Lipinski definition) is 3. The third-order valence-corrected chi connectivity index (χ3v) is 3.14. The lowest BCUT2D eigenvalue weighted by molar-refractivity contribution is 0.415. The van der Waals surface area contributed by atoms with Gasteiger partial charge in [0.25, 0.3) is 0 Å². The molecule has 1 aromatic rings. The number of rotatable bonds is 2. The number of nitrogens with zero attached hydrogens (tertiary/aromatic N) is 1. The molecule has 0 amide bonds. The second-order valence-electron chi connectivity index (χ2n) is 4.24. The van der Waals surface area contributed by atoms with Crippen LogP contribution in [0.1, 0.15) is 18.4 Å². The maximum Gasteiger partial charge on any atom is 0.142 e. The maximum absolute atomic E-state index is 6.00. The maximum atomic E-state index is 6.00. The van der Waals surface area contributed by atoms with Crippen molar-refractivity contribution in [3.05, 3.63) is 23.8 Å². The van der Waals surface area contributed by atoms with E-state index in [0.29, 0.717) is 5.92 Å². The quantitative estimate of drug-likeness (QED) is 0.798. The summed E-state index contributed by atoms with van der Waals surface area (Å²) in [7, 11) is 3.80. The number of benzene rings is 1. The van der Waals surface area contributed by atoms with Gasteiger partial charge in [0.15, 0.2) is 0 Å². The lowest BCUT2D eigenvalue weighted by atomic mass is 9.95. The van der Waals surface area contributed by atoms with Crippen molar-refractivity contribution in [2.24, 2.45) is 5.73 Å². The summed E-state index contributed by atoms with van der Waals surface area (Å²) in [6.45, 7) is 3.04. The van der Waals surface area contributed by atoms with Crippen LogP contribution in [0.2, 0.25) is 0 Å². The van der Waals surface area contributed by atoms with Crippen LogP contribution >= 0.6 is 0 Å². The average molecular weight is 206 g/mol. The smallest absolute Gasteiger partial charge is 0.142 e. The summed E-state index contributed by atoms with van der Waals surface area (Å²) in [4.78, 5) is 2.22. The van der Waals surface area contributed by atoms with Gasteiger partial charge in [-0.15, -0.1) is 0 Å². The average Bonchev–Trinajstić information content (AvgIpc) is 2.56. The molecule has 2 atom stereocenters. The molecule has 82 valence electrons. The van der Waals surface area contributed by atoms with Gasteiger partial charge in [0.2, 0.25) is 0 Å². The highest BCUT2D eigenvalue weighted by Crippen LogP contribution is 2.42. The standard InChI is InChI=1S/C12H18N2O/c1-8(13)10-7-14(2)12-9(10)5-4-6-11(12)15-3/h4-6,8,10H,7,13H2,1-3H3. The summed E-state index contributed by atoms with van der Waals surface area (Å²) in [6.07, 6.45) is 0. The van der Waals surface area contributed by atoms with Crippen molar-refractivity contribution in [3.63, 3.8) is 0 Å². The number of methoxy groups -OCH3 is 1. The van der Waals surface area contributed by atoms with Gasteiger partial charge in [0.05, 0.1) is 12.8 Å². The Labute approximate surface area is 90.8 Å². The zero-order valence-corrected chi connectivity index (χ0v) is 9.53. The number of nitrogens with two attached hydrogens (primary N) is 1. The van der Waals surface area contributed by atoms with E-state index in [4.69, 9.17) is 10.5 Å². The number of para-hydroxylation sites is 1. The molecule has 1 aromatic carbocycles. The second kappa shape index (κ2) is 3.74. The Hall–Kier alpha value is -1.22. The van der Waals surface area contributed by atoms with Crippen molar-refractivity contribution in [3.8, 4) is 5.75 Å². The Bertz CT molecular complexity index is 363. The van der Waals surface area contributed by atoms with Crippen LogP contribution in [0, 0.1) is 0 Å². The summed E-state index contributed by atoms with van der Waals surface area (Å²) >= 11 is 0. The van der Waals surface area contributed by atoms with E-state index in [-0.39, 0.29) is 6.04 Å². The van der Waals surface area contributed by atoms with Gasteiger partial charge in [-0.1, -0.05) is 12.1 Å². The number of ether oxygens (including phenoxy) is 1. The molecular weight excluding hydrogens is 188 g/mol. The van der Waals surface area contributed by atoms with Crippen molar-refractivity contribution >= 4 is 5.69 Å². The molecule has 0 fully saturated rings. The molecule has 15 heavy (non-hydrogen) atoms. The molecule has 2 unspecified atom stereocenters. The van der Waals surface area contributed by atoms with Crippen molar-refractivity contribution in [1.29, 1.82) is 0 Å². The van der Waals surface area contributed by atoms with Gasteiger partial charge in [-0.3, -0.25) is 0 Å². The van der Waals surface area contributed by atoms with Crippen LogP contribution in [0.25, 0.3) is 0 Å². The predicted octanol–water partition coefficient (Wildman–Crippen LogP) is 1.58. The van der Waals surface area contributed by atoms with Crippen molar-refractivity contribution < 1.29 is 4.74 Å². The Morgan fingerprint density at radius 3 is 2.87 bits per heavy atom. The molecule has 3 nitrogen and oxygen atoms in total. The minimum atomic E-state index is 0.181. The van der Waals surface area contributed by atoms with Crippen molar-refractivity contribution in [2.45, 2.75) is 18.9 Å². The zero-order chi connectivity index (χ0) is 11.0. The van der Waals surface area contributed by atoms with Gasteiger partial charge < -0.3 is 15.4 Å². The minimum absolute atomic E-state index is 0.181. The normalized spacial score (nSPS) is 21.3. The molecule has 0 saturated heterocycles. The fraction of sp³-hybridized carbons (Fsp3) is 0.500. The highest BCUT2D eigenvalue weighted by molar-refractivity contribution is 5.68. The van der Waals surface area contributed by atoms with Crippen molar-refractivity contribution in [2.75, 3.05) is 25.6 Å². The van der Waals surface area contributed by atoms with E-state index in [1.165, 1.54) is 11.3 Å². The SMILES string of the molecule is COc1cccc2c1N(C)CC2C(C)N. The Balaban J connectivity index is 2.49. The predicted molar refractivity (Wildman–Crippen MR) is 62.7 cm³/mol. The van der Waals surface area contributed by atoms with Crippen LogP contribution in [0.15, 0.2) is 18.2 Å². The molecule has 1 heterocycles. The number of likely N-dealkylation sites (N-methyl/N-ethyl adjacent to an activating group) is 1. The fourth-order valence-corrected chi connectivity index (χ4v) is 2.35. The summed E-state index contributed by atoms with van der Waals surface area (Å²) in [5.74, 6) is 1.36. The van der Waals surface area contributed by atoms with E-state index >= 15 is 0 Å². The molecule has 1 aliphatic heterocycles. The zero-order valence-electron chi connectivity index (χ0n) is 9.53. The molecule has 2 N–H and O–H groups in total. The number of fused-ring (bicyclic) bond motifs is 1. The Kier molecular flexibility index (Phi) is 2.57. The van der Waals surface area contributed by atoms with Gasteiger partial charge >= 0.3 is 0 Å². The Morgan fingerprint density at radius 2 is 2.27 bits per heavy atom. The van der Waals surface area contributed by atoms with Gasteiger partial charge in [-0.25, -0.2) is 0 Å². The topological polar surface area (TPSA) is 38.5 Å². The van der Waals surface area contributed by atoms with Crippen LogP contribution in [-0.4, -0.2) is 26.7 Å². The fourth-order valence-electron chi connectivity index (χ4n) is 2.35. The molecular formula is C12H18N2O. The molecule has 0 radical (unpaired) electrons. The first-order valence-electron chi connectivity index (χ1n) is 5.28. The Morgan fingerprint density at radius 1 is 1.53 bits per heavy atom. The first-order chi connectivity index (χ1) is 7.15. The largest absolute Gasteiger partial charge is 0.495 e. The van der Waals surface area contributed by atoms with E-state index in [0.717, 1.165) is 12.3 Å². The van der Waals surface area contributed by atoms with E-state index in [1.807, 2.05) is 12.1 Å². The summed E-state index contributed by atoms with van der Waals surface area (Å²) in [5.41, 5.74) is 8.51. The van der Waals surface area contributed by atoms with E-state index in [9.17, 15) is 0 Å². The molecule has 2 rings (SSSR count). The summed E-state index contributed by atoms with van der Waals surface area (Å²) in [6, 6.07) is 6.36. The molecule has 0 aromatic heterocycles. The molecule has 0 bridgehead atoms. The highest BCUT2D eigenvalue weighted by Gasteiger charge is 2.31. The van der Waals surface area contributed by atoms with E-state index < -0.39 is 0 Å². The van der Waals surface area contributed by atoms with Gasteiger partial charge in [0.1, 0.15) is 5.75 Å². The first-order valence-corrected chi connectivity index (χ1v) is 5.28. The van der Waals surface area contributed by atoms with E-state index in [1.54, 1.807) is 7.11 Å². The third kappa shape index (κ3) is 1.57. The van der Waals surface area contributed by atoms with Crippen molar-refractivity contribution in [1.82, 2.24) is 0 Å². The third-order valence-electron chi connectivity index (χ3n) is 3.14. The van der Waals surface area contributed by atoms with Gasteiger partial charge in [0, 0.05) is 25.6 Å². The minimum Gasteiger partial charge on any atom is -0.495 e. The lowest BCUT2D eigenvalue weighted by Gasteiger charge is -2.15. The molecule has 3 heteroatoms. The summed E-state index contributed by atoms with van der Waals surface area (Å²) in [5, 5.41) is 0. The summed E-state index contributed by atoms with van der Waals surface area (Å²) < 4.78 is 5.37.